The number of piperidine rings is 1. The summed E-state index contributed by atoms with van der Waals surface area (Å²) in [4.78, 5) is 59.0. The van der Waals surface area contributed by atoms with Gasteiger partial charge in [0.1, 0.15) is 19.3 Å². The number of amides is 1. The molecule has 0 N–H and O–H groups in total. The lowest BCUT2D eigenvalue weighted by Crippen LogP contribution is -2.52. The highest BCUT2D eigenvalue weighted by Crippen LogP contribution is 2.28. The number of carbonyl (C=O) groups excluding carboxylic acids is 3. The molecule has 1 amide bonds. The molecule has 1 aliphatic rings. The van der Waals surface area contributed by atoms with Crippen molar-refractivity contribution in [3.05, 3.63) is 79.9 Å². The Kier molecular flexibility index (Phi) is 8.95. The summed E-state index contributed by atoms with van der Waals surface area (Å²) in [5.41, 5.74) is 0.884. The zero-order valence-electron chi connectivity index (χ0n) is 19.2. The summed E-state index contributed by atoms with van der Waals surface area (Å²) in [6.45, 7) is 1.22. The number of likely N-dealkylation sites (tertiary alicyclic amines) is 1. The Morgan fingerprint density at radius 3 is 1.86 bits per heavy atom. The number of carbonyl (C=O) groups is 3. The van der Waals surface area contributed by atoms with E-state index < -0.39 is 28.0 Å². The minimum atomic E-state index is -0.934. The van der Waals surface area contributed by atoms with Crippen molar-refractivity contribution in [3.8, 4) is 0 Å². The summed E-state index contributed by atoms with van der Waals surface area (Å²) in [5, 5.41) is 21.3. The van der Waals surface area contributed by atoms with Gasteiger partial charge in [0, 0.05) is 43.0 Å². The molecular formula is C23H23N3O9S. The molecule has 2 aromatic carbocycles. The van der Waals surface area contributed by atoms with E-state index in [4.69, 9.17) is 9.47 Å². The minimum absolute atomic E-state index is 0.0895. The molecule has 2 atom stereocenters. The number of nitro benzene ring substituents is 2. The lowest BCUT2D eigenvalue weighted by atomic mass is 10.0. The van der Waals surface area contributed by atoms with Crippen LogP contribution in [0.4, 0.5) is 16.2 Å². The van der Waals surface area contributed by atoms with Gasteiger partial charge in [-0.05, 0) is 48.2 Å². The van der Waals surface area contributed by atoms with Crippen molar-refractivity contribution in [1.29, 1.82) is 0 Å². The van der Waals surface area contributed by atoms with E-state index in [2.05, 4.69) is 0 Å². The molecule has 0 spiro atoms. The van der Waals surface area contributed by atoms with Crippen LogP contribution in [-0.2, 0) is 32.3 Å². The zero-order valence-corrected chi connectivity index (χ0v) is 20.0. The molecule has 2 aromatic rings. The number of esters is 1. The van der Waals surface area contributed by atoms with Crippen molar-refractivity contribution in [2.45, 2.75) is 44.3 Å². The fourth-order valence-electron chi connectivity index (χ4n) is 3.62. The first-order chi connectivity index (χ1) is 17.1. The van der Waals surface area contributed by atoms with Crippen LogP contribution >= 0.6 is 11.8 Å². The highest BCUT2D eigenvalue weighted by atomic mass is 32.2. The van der Waals surface area contributed by atoms with E-state index in [1.165, 1.54) is 60.4 Å². The van der Waals surface area contributed by atoms with Gasteiger partial charge in [-0.15, -0.1) is 0 Å². The number of ether oxygens (including phenoxy) is 2. The fraction of sp³-hybridized carbons (Fsp3) is 0.348. The standard InChI is InChI=1S/C23H23N3O9S/c1-15(27)36-20-10-11-21(22(28)34-13-16-2-6-18(7-3-16)25(30)31)24(12-20)23(29)35-14-17-4-8-19(9-5-17)26(32)33/h2-9,20-21H,10-14H2,1H3/t20-,21-/m0/s1. The van der Waals surface area contributed by atoms with Crippen LogP contribution in [0.2, 0.25) is 0 Å². The number of rotatable bonds is 8. The number of nitro groups is 2. The molecule has 0 aromatic heterocycles. The molecule has 0 saturated carbocycles. The van der Waals surface area contributed by atoms with Crippen LogP contribution < -0.4 is 0 Å². The monoisotopic (exact) mass is 517 g/mol. The molecule has 1 heterocycles. The molecule has 13 heteroatoms. The Labute approximate surface area is 209 Å². The molecule has 36 heavy (non-hydrogen) atoms. The van der Waals surface area contributed by atoms with E-state index in [0.717, 1.165) is 11.8 Å². The Bertz CT molecular complexity index is 1140. The summed E-state index contributed by atoms with van der Waals surface area (Å²) in [5.74, 6) is -0.660. The van der Waals surface area contributed by atoms with Gasteiger partial charge in [0.15, 0.2) is 5.12 Å². The van der Waals surface area contributed by atoms with Crippen LogP contribution in [0.5, 0.6) is 0 Å². The van der Waals surface area contributed by atoms with Crippen molar-refractivity contribution in [3.63, 3.8) is 0 Å². The Morgan fingerprint density at radius 1 is 0.889 bits per heavy atom. The summed E-state index contributed by atoms with van der Waals surface area (Å²) in [6.07, 6.45) is -0.0100. The Balaban J connectivity index is 1.65. The molecule has 0 radical (unpaired) electrons. The number of hydrogen-bond donors (Lipinski definition) is 0. The minimum Gasteiger partial charge on any atom is -0.459 e. The van der Waals surface area contributed by atoms with Crippen LogP contribution in [0.3, 0.4) is 0 Å². The maximum atomic E-state index is 12.9. The SMILES string of the molecule is CC(=O)S[C@H]1CC[C@@H](C(=O)OCc2ccc([N+](=O)[O-])cc2)N(C(=O)OCc2ccc([N+](=O)[O-])cc2)C1. The van der Waals surface area contributed by atoms with E-state index in [-0.39, 0.29) is 47.9 Å². The van der Waals surface area contributed by atoms with Crippen molar-refractivity contribution in [1.82, 2.24) is 4.90 Å². The second kappa shape index (κ2) is 12.1. The van der Waals surface area contributed by atoms with E-state index in [0.29, 0.717) is 17.5 Å². The second-order valence-electron chi connectivity index (χ2n) is 7.99. The first-order valence-electron chi connectivity index (χ1n) is 10.9. The third-order valence-corrected chi connectivity index (χ3v) is 6.47. The van der Waals surface area contributed by atoms with E-state index in [1.54, 1.807) is 0 Å². The molecule has 190 valence electrons. The van der Waals surface area contributed by atoms with Gasteiger partial charge in [0.2, 0.25) is 0 Å². The van der Waals surface area contributed by atoms with Crippen LogP contribution in [0.15, 0.2) is 48.5 Å². The number of thioether (sulfide) groups is 1. The van der Waals surface area contributed by atoms with Crippen molar-refractivity contribution in [2.24, 2.45) is 0 Å². The third-order valence-electron chi connectivity index (χ3n) is 5.42. The number of nitrogens with zero attached hydrogens (tertiary/aromatic N) is 3. The van der Waals surface area contributed by atoms with Gasteiger partial charge in [-0.25, -0.2) is 9.59 Å². The Hall–Kier alpha value is -4.00. The molecule has 1 aliphatic heterocycles. The van der Waals surface area contributed by atoms with Gasteiger partial charge in [-0.2, -0.15) is 0 Å². The van der Waals surface area contributed by atoms with Crippen molar-refractivity contribution >= 4 is 40.3 Å². The fourth-order valence-corrected chi connectivity index (χ4v) is 4.58. The van der Waals surface area contributed by atoms with Crippen LogP contribution in [0.1, 0.15) is 30.9 Å². The van der Waals surface area contributed by atoms with E-state index >= 15 is 0 Å². The highest BCUT2D eigenvalue weighted by Gasteiger charge is 2.38. The maximum Gasteiger partial charge on any atom is 0.410 e. The first kappa shape index (κ1) is 26.6. The normalized spacial score (nSPS) is 17.2. The zero-order chi connectivity index (χ0) is 26.2. The van der Waals surface area contributed by atoms with Gasteiger partial charge in [0.05, 0.1) is 9.85 Å². The molecule has 0 unspecified atom stereocenters. The summed E-state index contributed by atoms with van der Waals surface area (Å²) in [7, 11) is 0. The molecular weight excluding hydrogens is 494 g/mol. The first-order valence-corrected chi connectivity index (χ1v) is 11.8. The van der Waals surface area contributed by atoms with Gasteiger partial charge >= 0.3 is 12.1 Å². The summed E-state index contributed by atoms with van der Waals surface area (Å²) >= 11 is 1.08. The van der Waals surface area contributed by atoms with Gasteiger partial charge in [0.25, 0.3) is 11.4 Å². The highest BCUT2D eigenvalue weighted by molar-refractivity contribution is 8.14. The second-order valence-corrected chi connectivity index (χ2v) is 9.46. The van der Waals surface area contributed by atoms with E-state index in [9.17, 15) is 34.6 Å². The average Bonchev–Trinajstić information content (AvgIpc) is 2.85. The maximum absolute atomic E-state index is 12.9. The quantitative estimate of drug-likeness (QED) is 0.284. The van der Waals surface area contributed by atoms with Crippen molar-refractivity contribution < 1.29 is 33.7 Å². The summed E-state index contributed by atoms with van der Waals surface area (Å²) < 4.78 is 10.7. The topological polar surface area (TPSA) is 159 Å². The smallest absolute Gasteiger partial charge is 0.410 e. The van der Waals surface area contributed by atoms with Crippen LogP contribution in [0, 0.1) is 20.2 Å². The average molecular weight is 518 g/mol. The van der Waals surface area contributed by atoms with Crippen molar-refractivity contribution in [2.75, 3.05) is 6.54 Å². The lowest BCUT2D eigenvalue weighted by Gasteiger charge is -2.36. The molecule has 3 rings (SSSR count). The van der Waals surface area contributed by atoms with Gasteiger partial charge in [-0.1, -0.05) is 11.8 Å². The number of non-ortho nitro benzene ring substituents is 2. The predicted molar refractivity (Wildman–Crippen MR) is 128 cm³/mol. The van der Waals surface area contributed by atoms with Gasteiger partial charge < -0.3 is 9.47 Å². The van der Waals surface area contributed by atoms with Crippen LogP contribution in [-0.4, -0.2) is 49.8 Å². The molecule has 0 bridgehead atoms. The lowest BCUT2D eigenvalue weighted by molar-refractivity contribution is -0.385. The number of hydrogen-bond acceptors (Lipinski definition) is 10. The number of benzene rings is 2. The van der Waals surface area contributed by atoms with E-state index in [1.807, 2.05) is 0 Å². The third kappa shape index (κ3) is 7.25. The summed E-state index contributed by atoms with van der Waals surface area (Å²) in [6, 6.07) is 10.1. The molecule has 12 nitrogen and oxygen atoms in total. The largest absolute Gasteiger partial charge is 0.459 e. The predicted octanol–water partition coefficient (Wildman–Crippen LogP) is 4.00. The van der Waals surface area contributed by atoms with Gasteiger partial charge in [-0.3, -0.25) is 29.9 Å². The Morgan fingerprint density at radius 2 is 1.39 bits per heavy atom. The molecule has 0 aliphatic carbocycles. The molecule has 1 saturated heterocycles. The van der Waals surface area contributed by atoms with Crippen LogP contribution in [0.25, 0.3) is 0 Å². The molecule has 1 fully saturated rings.